The zero-order chi connectivity index (χ0) is 16.4. The molecule has 1 saturated heterocycles. The largest absolute Gasteiger partial charge is 0.516 e. The maximum absolute atomic E-state index is 6.22. The second kappa shape index (κ2) is 10.7. The first kappa shape index (κ1) is 20.1. The van der Waals surface area contributed by atoms with E-state index >= 15 is 0 Å². The van der Waals surface area contributed by atoms with Crippen LogP contribution in [0.5, 0.6) is 0 Å². The van der Waals surface area contributed by atoms with Gasteiger partial charge >= 0.3 is 8.80 Å². The number of rotatable bonds is 9. The Morgan fingerprint density at radius 2 is 1.50 bits per heavy atom. The molecule has 5 nitrogen and oxygen atoms in total. The summed E-state index contributed by atoms with van der Waals surface area (Å²) in [7, 11) is -0.954. The minimum atomic E-state index is -2.68. The highest BCUT2D eigenvalue weighted by Crippen LogP contribution is 2.19. The first-order chi connectivity index (χ1) is 10.5. The molecule has 0 aromatic rings. The highest BCUT2D eigenvalue weighted by molar-refractivity contribution is 6.61. The van der Waals surface area contributed by atoms with Crippen molar-refractivity contribution in [2.45, 2.75) is 65.6 Å². The predicted octanol–water partition coefficient (Wildman–Crippen LogP) is 2.85. The van der Waals surface area contributed by atoms with Crippen LogP contribution in [0.25, 0.3) is 0 Å². The van der Waals surface area contributed by atoms with E-state index in [-0.39, 0.29) is 12.2 Å². The molecule has 132 valence electrons. The summed E-state index contributed by atoms with van der Waals surface area (Å²) in [6.07, 6.45) is 5.60. The van der Waals surface area contributed by atoms with E-state index in [1.807, 2.05) is 13.8 Å². The van der Waals surface area contributed by atoms with Crippen LogP contribution in [0.2, 0.25) is 0 Å². The third kappa shape index (κ3) is 7.06. The fraction of sp³-hybridized carbons (Fsp3) is 1.00. The average molecular weight is 334 g/mol. The van der Waals surface area contributed by atoms with Crippen LogP contribution in [-0.4, -0.2) is 65.5 Å². The van der Waals surface area contributed by atoms with Gasteiger partial charge in [0.2, 0.25) is 0 Å². The Labute approximate surface area is 137 Å². The van der Waals surface area contributed by atoms with Crippen molar-refractivity contribution in [3.05, 3.63) is 0 Å². The second-order valence-corrected chi connectivity index (χ2v) is 8.83. The van der Waals surface area contributed by atoms with E-state index in [0.29, 0.717) is 13.2 Å². The molecule has 1 rings (SSSR count). The molecule has 1 aliphatic heterocycles. The zero-order valence-corrected chi connectivity index (χ0v) is 16.1. The van der Waals surface area contributed by atoms with Crippen molar-refractivity contribution in [2.24, 2.45) is 0 Å². The summed E-state index contributed by atoms with van der Waals surface area (Å²) in [6, 6.07) is 0. The summed E-state index contributed by atoms with van der Waals surface area (Å²) in [6.45, 7) is 11.9. The normalized spacial score (nSPS) is 30.3. The third-order valence-electron chi connectivity index (χ3n) is 3.85. The predicted molar refractivity (Wildman–Crippen MR) is 90.9 cm³/mol. The van der Waals surface area contributed by atoms with Crippen LogP contribution in [0.15, 0.2) is 0 Å². The minimum absolute atomic E-state index is 0.0123. The number of hydrogen-bond donors (Lipinski definition) is 0. The Hall–Kier alpha value is 0.0169. The number of unbranched alkanes of at least 4 members (excludes halogenated alkanes) is 2. The smallest absolute Gasteiger partial charge is 0.376 e. The van der Waals surface area contributed by atoms with Crippen molar-refractivity contribution < 1.29 is 18.0 Å². The molecule has 0 spiro atoms. The van der Waals surface area contributed by atoms with Crippen molar-refractivity contribution in [3.8, 4) is 0 Å². The zero-order valence-electron chi connectivity index (χ0n) is 15.1. The van der Waals surface area contributed by atoms with Gasteiger partial charge in [-0.2, -0.15) is 0 Å². The number of hydrogen-bond acceptors (Lipinski definition) is 5. The number of nitrogens with zero attached hydrogens (tertiary/aromatic N) is 1. The molecule has 1 heterocycles. The molecule has 0 N–H and O–H groups in total. The average Bonchev–Trinajstić information content (AvgIpc) is 2.48. The van der Waals surface area contributed by atoms with E-state index in [0.717, 1.165) is 19.3 Å². The Morgan fingerprint density at radius 3 is 1.91 bits per heavy atom. The summed E-state index contributed by atoms with van der Waals surface area (Å²) in [4.78, 5) is 2.46. The van der Waals surface area contributed by atoms with Crippen LogP contribution < -0.4 is 0 Å². The molecule has 0 bridgehead atoms. The highest BCUT2D eigenvalue weighted by atomic mass is 28.4. The molecule has 0 aromatic heterocycles. The maximum Gasteiger partial charge on any atom is 0.516 e. The van der Waals surface area contributed by atoms with Crippen molar-refractivity contribution in [2.75, 3.05) is 39.6 Å². The molecular weight excluding hydrogens is 298 g/mol. The van der Waals surface area contributed by atoms with Crippen LogP contribution in [0.3, 0.4) is 0 Å². The minimum Gasteiger partial charge on any atom is -0.376 e. The lowest BCUT2D eigenvalue weighted by Crippen LogP contribution is -2.59. The summed E-state index contributed by atoms with van der Waals surface area (Å²) in [5, 5.41) is 0. The van der Waals surface area contributed by atoms with Crippen LogP contribution in [0.1, 0.15) is 53.4 Å². The van der Waals surface area contributed by atoms with Gasteiger partial charge in [-0.25, -0.2) is 0 Å². The first-order valence-electron chi connectivity index (χ1n) is 8.76. The van der Waals surface area contributed by atoms with Gasteiger partial charge in [0.05, 0.1) is 31.6 Å². The first-order valence-corrected chi connectivity index (χ1v) is 10.7. The maximum atomic E-state index is 6.22. The monoisotopic (exact) mass is 333 g/mol. The Morgan fingerprint density at radius 1 is 1.00 bits per heavy atom. The van der Waals surface area contributed by atoms with Crippen LogP contribution in [-0.2, 0) is 18.0 Å². The summed E-state index contributed by atoms with van der Waals surface area (Å²) < 4.78 is 23.9. The van der Waals surface area contributed by atoms with Crippen LogP contribution in [0, 0.1) is 0 Å². The van der Waals surface area contributed by atoms with Gasteiger partial charge in [0.15, 0.2) is 0 Å². The van der Waals surface area contributed by atoms with Gasteiger partial charge in [-0.3, -0.25) is 4.90 Å². The molecule has 2 unspecified atom stereocenters. The topological polar surface area (TPSA) is 40.2 Å². The fourth-order valence-corrected chi connectivity index (χ4v) is 5.40. The van der Waals surface area contributed by atoms with Gasteiger partial charge < -0.3 is 18.0 Å². The van der Waals surface area contributed by atoms with Gasteiger partial charge in [-0.15, -0.1) is 0 Å². The lowest BCUT2D eigenvalue weighted by Gasteiger charge is -2.38. The second-order valence-electron chi connectivity index (χ2n) is 6.26. The van der Waals surface area contributed by atoms with Crippen molar-refractivity contribution >= 4 is 8.80 Å². The van der Waals surface area contributed by atoms with Gasteiger partial charge in [-0.1, -0.05) is 26.7 Å². The van der Waals surface area contributed by atoms with Crippen LogP contribution in [0.4, 0.5) is 0 Å². The van der Waals surface area contributed by atoms with E-state index in [9.17, 15) is 0 Å². The van der Waals surface area contributed by atoms with Crippen molar-refractivity contribution in [3.63, 3.8) is 0 Å². The van der Waals surface area contributed by atoms with Crippen LogP contribution >= 0.6 is 0 Å². The molecule has 0 aliphatic carbocycles. The quantitative estimate of drug-likeness (QED) is 0.607. The van der Waals surface area contributed by atoms with Gasteiger partial charge in [0, 0.05) is 7.11 Å². The summed E-state index contributed by atoms with van der Waals surface area (Å²) in [5.74, 6) is 0. The Balaban J connectivity index is 2.76. The Bertz CT molecular complexity index is 273. The van der Waals surface area contributed by atoms with Crippen molar-refractivity contribution in [1.82, 2.24) is 4.90 Å². The lowest BCUT2D eigenvalue weighted by molar-refractivity contribution is -0.0716. The lowest BCUT2D eigenvalue weighted by atomic mass is 10.3. The molecule has 22 heavy (non-hydrogen) atoms. The van der Waals surface area contributed by atoms with Gasteiger partial charge in [-0.05, 0) is 39.8 Å². The van der Waals surface area contributed by atoms with Gasteiger partial charge in [0.25, 0.3) is 0 Å². The molecule has 0 radical (unpaired) electrons. The molecule has 0 saturated carbocycles. The molecule has 0 amide bonds. The molecule has 1 aliphatic rings. The summed E-state index contributed by atoms with van der Waals surface area (Å²) in [5.41, 5.74) is 0. The standard InChI is InChI=1S/C16H35NO4Si/c1-6-8-10-17(11-9-7-2)14-22(18-5)20-15(3)12-19-13-16(4)21-22/h15-16H,6-14H2,1-5H3. The number of ether oxygens (including phenoxy) is 1. The van der Waals surface area contributed by atoms with E-state index < -0.39 is 8.80 Å². The molecule has 2 atom stereocenters. The molecule has 1 fully saturated rings. The van der Waals surface area contributed by atoms with E-state index in [2.05, 4.69) is 18.7 Å². The third-order valence-corrected chi connectivity index (χ3v) is 6.83. The molecular formula is C16H35NO4Si. The van der Waals surface area contributed by atoms with E-state index in [4.69, 9.17) is 18.0 Å². The molecule has 0 aromatic carbocycles. The van der Waals surface area contributed by atoms with Crippen molar-refractivity contribution in [1.29, 1.82) is 0 Å². The highest BCUT2D eigenvalue weighted by Gasteiger charge is 2.46. The summed E-state index contributed by atoms with van der Waals surface area (Å²) >= 11 is 0. The Kier molecular flexibility index (Phi) is 9.78. The van der Waals surface area contributed by atoms with E-state index in [1.165, 1.54) is 25.7 Å². The fourth-order valence-electron chi connectivity index (χ4n) is 2.65. The molecule has 6 heteroatoms. The SMILES string of the molecule is CCCCN(CCCC)C[Si]1(OC)OC(C)COCC(C)O1. The van der Waals surface area contributed by atoms with Gasteiger partial charge in [0.1, 0.15) is 0 Å². The van der Waals surface area contributed by atoms with E-state index in [1.54, 1.807) is 7.11 Å².